The van der Waals surface area contributed by atoms with E-state index in [0.29, 0.717) is 15.7 Å². The van der Waals surface area contributed by atoms with Gasteiger partial charge in [-0.25, -0.2) is 9.97 Å². The highest BCUT2D eigenvalue weighted by Crippen LogP contribution is 2.25. The number of aromatic nitrogens is 3. The summed E-state index contributed by atoms with van der Waals surface area (Å²) in [5, 5.41) is 9.99. The summed E-state index contributed by atoms with van der Waals surface area (Å²) < 4.78 is 0.409. The zero-order valence-corrected chi connectivity index (χ0v) is 20.3. The van der Waals surface area contributed by atoms with Crippen LogP contribution in [0.15, 0.2) is 60.0 Å². The number of amides is 1. The number of piperidine rings is 1. The summed E-state index contributed by atoms with van der Waals surface area (Å²) in [4.78, 5) is 27.2. The number of aromatic amines is 1. The van der Waals surface area contributed by atoms with Crippen LogP contribution >= 0.6 is 23.6 Å². The lowest BCUT2D eigenvalue weighted by molar-refractivity contribution is -0.121. The van der Waals surface area contributed by atoms with Crippen LogP contribution in [0.2, 0.25) is 0 Å². The fraction of sp³-hybridized carbons (Fsp3) is 0.280. The van der Waals surface area contributed by atoms with Gasteiger partial charge < -0.3 is 15.6 Å². The third kappa shape index (κ3) is 5.67. The number of thiazole rings is 1. The molecule has 5 rings (SSSR count). The van der Waals surface area contributed by atoms with E-state index in [0.717, 1.165) is 49.1 Å². The third-order valence-corrected chi connectivity index (χ3v) is 6.96. The molecular formula is C25H26N6OS2. The number of nitrogens with one attached hydrogen (secondary N) is 3. The lowest BCUT2D eigenvalue weighted by Crippen LogP contribution is -2.44. The van der Waals surface area contributed by atoms with Crippen molar-refractivity contribution in [2.75, 3.05) is 18.4 Å². The molecule has 0 spiro atoms. The topological polar surface area (TPSA) is 85.9 Å². The van der Waals surface area contributed by atoms with Gasteiger partial charge in [0.15, 0.2) is 9.90 Å². The highest BCUT2D eigenvalue weighted by Gasteiger charge is 2.21. The van der Waals surface area contributed by atoms with E-state index >= 15 is 0 Å². The van der Waals surface area contributed by atoms with Crippen molar-refractivity contribution in [2.45, 2.75) is 31.8 Å². The van der Waals surface area contributed by atoms with E-state index in [-0.39, 0.29) is 18.4 Å². The van der Waals surface area contributed by atoms with Gasteiger partial charge in [-0.2, -0.15) is 0 Å². The Labute approximate surface area is 207 Å². The molecule has 2 aromatic carbocycles. The number of benzene rings is 2. The average Bonchev–Trinajstić information content (AvgIpc) is 3.27. The Morgan fingerprint density at radius 1 is 1.09 bits per heavy atom. The predicted molar refractivity (Wildman–Crippen MR) is 139 cm³/mol. The lowest BCUT2D eigenvalue weighted by atomic mass is 10.0. The Morgan fingerprint density at radius 3 is 2.68 bits per heavy atom. The van der Waals surface area contributed by atoms with Crippen LogP contribution < -0.4 is 10.6 Å². The molecule has 0 radical (unpaired) electrons. The third-order valence-electron chi connectivity index (χ3n) is 5.96. The highest BCUT2D eigenvalue weighted by atomic mass is 32.1. The Hall–Kier alpha value is -3.14. The number of hydrogen-bond acceptors (Lipinski definition) is 7. The normalized spacial score (nSPS) is 14.8. The molecular weight excluding hydrogens is 464 g/mol. The fourth-order valence-electron chi connectivity index (χ4n) is 4.27. The van der Waals surface area contributed by atoms with Crippen molar-refractivity contribution >= 4 is 51.3 Å². The van der Waals surface area contributed by atoms with E-state index in [1.807, 2.05) is 35.7 Å². The van der Waals surface area contributed by atoms with Crippen molar-refractivity contribution in [3.8, 4) is 0 Å². The zero-order chi connectivity index (χ0) is 23.3. The van der Waals surface area contributed by atoms with E-state index in [1.54, 1.807) is 0 Å². The largest absolute Gasteiger partial charge is 0.353 e. The van der Waals surface area contributed by atoms with Gasteiger partial charge in [0.2, 0.25) is 5.91 Å². The number of carbonyl (C=O) groups excluding carboxylic acids is 1. The second-order valence-electron chi connectivity index (χ2n) is 8.49. The van der Waals surface area contributed by atoms with Crippen molar-refractivity contribution < 1.29 is 4.79 Å². The van der Waals surface area contributed by atoms with Crippen LogP contribution in [0.4, 0.5) is 10.9 Å². The number of anilines is 2. The van der Waals surface area contributed by atoms with Crippen molar-refractivity contribution in [3.63, 3.8) is 0 Å². The van der Waals surface area contributed by atoms with Gasteiger partial charge in [-0.05, 0) is 42.8 Å². The van der Waals surface area contributed by atoms with Gasteiger partial charge in [0.25, 0.3) is 0 Å². The van der Waals surface area contributed by atoms with Crippen LogP contribution in [-0.2, 0) is 17.8 Å². The van der Waals surface area contributed by atoms with Gasteiger partial charge in [0.1, 0.15) is 5.82 Å². The summed E-state index contributed by atoms with van der Waals surface area (Å²) in [6.45, 7) is 2.95. The molecule has 0 atom stereocenters. The molecule has 7 nitrogen and oxygen atoms in total. The van der Waals surface area contributed by atoms with Crippen LogP contribution in [0.3, 0.4) is 0 Å². The van der Waals surface area contributed by atoms with Crippen LogP contribution in [-0.4, -0.2) is 44.9 Å². The molecule has 0 saturated carbocycles. The SMILES string of the molecule is O=C(Cc1csc(Nc2nc(=S)[nH]c3ccccc23)n1)NC1CCN(Cc2ccccc2)CC1. The summed E-state index contributed by atoms with van der Waals surface area (Å²) in [7, 11) is 0. The fourth-order valence-corrected chi connectivity index (χ4v) is 5.18. The highest BCUT2D eigenvalue weighted by molar-refractivity contribution is 7.71. The van der Waals surface area contributed by atoms with Crippen molar-refractivity contribution in [1.29, 1.82) is 0 Å². The maximum Gasteiger partial charge on any atom is 0.226 e. The number of nitrogens with zero attached hydrogens (tertiary/aromatic N) is 3. The van der Waals surface area contributed by atoms with E-state index in [4.69, 9.17) is 12.2 Å². The van der Waals surface area contributed by atoms with Crippen LogP contribution in [0.5, 0.6) is 0 Å². The first kappa shape index (κ1) is 22.6. The first-order valence-electron chi connectivity index (χ1n) is 11.4. The first-order chi connectivity index (χ1) is 16.6. The number of para-hydroxylation sites is 1. The Bertz CT molecular complexity index is 1330. The molecule has 1 aliphatic rings. The Balaban J connectivity index is 1.13. The molecule has 1 aliphatic heterocycles. The van der Waals surface area contributed by atoms with Gasteiger partial charge >= 0.3 is 0 Å². The first-order valence-corrected chi connectivity index (χ1v) is 12.7. The Kier molecular flexibility index (Phi) is 6.94. The molecule has 34 heavy (non-hydrogen) atoms. The molecule has 2 aromatic heterocycles. The monoisotopic (exact) mass is 490 g/mol. The minimum atomic E-state index is 0.0177. The van der Waals surface area contributed by atoms with Crippen LogP contribution in [0.25, 0.3) is 10.9 Å². The van der Waals surface area contributed by atoms with Gasteiger partial charge in [-0.15, -0.1) is 11.3 Å². The molecule has 174 valence electrons. The van der Waals surface area contributed by atoms with Crippen molar-refractivity contribution in [3.05, 3.63) is 76.0 Å². The average molecular weight is 491 g/mol. The smallest absolute Gasteiger partial charge is 0.226 e. The quantitative estimate of drug-likeness (QED) is 0.322. The second-order valence-corrected chi connectivity index (χ2v) is 9.73. The van der Waals surface area contributed by atoms with Crippen molar-refractivity contribution in [1.82, 2.24) is 25.2 Å². The second kappa shape index (κ2) is 10.4. The van der Waals surface area contributed by atoms with Crippen molar-refractivity contribution in [2.24, 2.45) is 0 Å². The summed E-state index contributed by atoms with van der Waals surface area (Å²) >= 11 is 6.70. The van der Waals surface area contributed by atoms with E-state index < -0.39 is 0 Å². The van der Waals surface area contributed by atoms with E-state index in [9.17, 15) is 4.79 Å². The van der Waals surface area contributed by atoms with E-state index in [2.05, 4.69) is 54.8 Å². The zero-order valence-electron chi connectivity index (χ0n) is 18.7. The number of carbonyl (C=O) groups is 1. The number of rotatable bonds is 7. The molecule has 0 unspecified atom stereocenters. The summed E-state index contributed by atoms with van der Waals surface area (Å²) in [5.74, 6) is 0.677. The van der Waals surface area contributed by atoms with Gasteiger partial charge in [-0.1, -0.05) is 42.5 Å². The van der Waals surface area contributed by atoms with Crippen LogP contribution in [0.1, 0.15) is 24.1 Å². The minimum Gasteiger partial charge on any atom is -0.353 e. The summed E-state index contributed by atoms with van der Waals surface area (Å²) in [5.41, 5.74) is 2.99. The lowest BCUT2D eigenvalue weighted by Gasteiger charge is -2.32. The van der Waals surface area contributed by atoms with Gasteiger partial charge in [0, 0.05) is 36.4 Å². The number of fused-ring (bicyclic) bond motifs is 1. The number of H-pyrrole nitrogens is 1. The van der Waals surface area contributed by atoms with Crippen LogP contribution in [0, 0.1) is 4.77 Å². The molecule has 0 bridgehead atoms. The summed E-state index contributed by atoms with van der Waals surface area (Å²) in [6.07, 6.45) is 2.21. The maximum absolute atomic E-state index is 12.6. The molecule has 1 fully saturated rings. The van der Waals surface area contributed by atoms with Gasteiger partial charge in [-0.3, -0.25) is 9.69 Å². The molecule has 3 heterocycles. The molecule has 9 heteroatoms. The van der Waals surface area contributed by atoms with Gasteiger partial charge in [0.05, 0.1) is 17.6 Å². The summed E-state index contributed by atoms with van der Waals surface area (Å²) in [6, 6.07) is 18.6. The molecule has 3 N–H and O–H groups in total. The maximum atomic E-state index is 12.6. The van der Waals surface area contributed by atoms with E-state index in [1.165, 1.54) is 16.9 Å². The number of likely N-dealkylation sites (tertiary alicyclic amines) is 1. The molecule has 1 saturated heterocycles. The molecule has 4 aromatic rings. The number of hydrogen-bond donors (Lipinski definition) is 3. The predicted octanol–water partition coefficient (Wildman–Crippen LogP) is 4.82. The molecule has 1 amide bonds. The molecule has 0 aliphatic carbocycles. The standard InChI is InChI=1S/C25H26N6OS2/c32-22(26-18-10-12-31(13-11-18)15-17-6-2-1-3-7-17)14-19-16-34-25(27-19)30-23-20-8-4-5-9-21(20)28-24(33)29-23/h1-9,16,18H,10-15H2,(H,26,32)(H2,27,28,29,30,33). The Morgan fingerprint density at radius 2 is 1.85 bits per heavy atom. The minimum absolute atomic E-state index is 0.0177.